The Morgan fingerprint density at radius 1 is 0.900 bits per heavy atom. The van der Waals surface area contributed by atoms with Gasteiger partial charge in [0.15, 0.2) is 0 Å². The van der Waals surface area contributed by atoms with E-state index in [9.17, 15) is 0 Å². The van der Waals surface area contributed by atoms with E-state index >= 15 is 0 Å². The van der Waals surface area contributed by atoms with E-state index in [-0.39, 0.29) is 12.4 Å². The van der Waals surface area contributed by atoms with Crippen LogP contribution in [0, 0.1) is 0 Å². The third-order valence-corrected chi connectivity index (χ3v) is 3.27. The minimum atomic E-state index is 0. The van der Waals surface area contributed by atoms with Gasteiger partial charge in [0, 0.05) is 18.7 Å². The summed E-state index contributed by atoms with van der Waals surface area (Å²) < 4.78 is 5.34. The zero-order valence-corrected chi connectivity index (χ0v) is 12.9. The number of ether oxygens (including phenoxy) is 1. The maximum atomic E-state index is 5.34. The van der Waals surface area contributed by atoms with Gasteiger partial charge in [-0.25, -0.2) is 0 Å². The predicted octanol–water partition coefficient (Wildman–Crippen LogP) is 3.97. The van der Waals surface area contributed by atoms with Gasteiger partial charge in [-0.05, 0) is 23.6 Å². The lowest BCUT2D eigenvalue weighted by molar-refractivity contribution is 0.407. The topological polar surface area (TPSA) is 21.3 Å². The molecule has 0 aromatic heterocycles. The van der Waals surface area contributed by atoms with E-state index in [2.05, 4.69) is 42.6 Å². The van der Waals surface area contributed by atoms with Gasteiger partial charge >= 0.3 is 0 Å². The fourth-order valence-corrected chi connectivity index (χ4v) is 2.08. The van der Waals surface area contributed by atoms with Crippen molar-refractivity contribution in [2.75, 3.05) is 7.11 Å². The van der Waals surface area contributed by atoms with Crippen molar-refractivity contribution < 1.29 is 4.74 Å². The molecule has 0 heterocycles. The molecule has 0 atom stereocenters. The molecule has 2 aromatic rings. The van der Waals surface area contributed by atoms with Crippen LogP contribution in [-0.2, 0) is 19.5 Å². The van der Waals surface area contributed by atoms with Crippen LogP contribution in [0.15, 0.2) is 48.5 Å². The molecule has 108 valence electrons. The second-order valence-electron chi connectivity index (χ2n) is 4.59. The first-order valence-corrected chi connectivity index (χ1v) is 6.74. The number of rotatable bonds is 6. The Morgan fingerprint density at radius 3 is 2.20 bits per heavy atom. The second-order valence-corrected chi connectivity index (χ2v) is 4.59. The summed E-state index contributed by atoms with van der Waals surface area (Å²) in [4.78, 5) is 0. The summed E-state index contributed by atoms with van der Waals surface area (Å²) in [5.41, 5.74) is 3.88. The average Bonchev–Trinajstić information content (AvgIpc) is 2.48. The number of methoxy groups -OCH3 is 1. The summed E-state index contributed by atoms with van der Waals surface area (Å²) in [6.07, 6.45) is 1.09. The molecule has 2 rings (SSSR count). The SMILES string of the molecule is CCc1ccc(CNCc2ccccc2OC)cc1.Cl. The molecule has 0 aliphatic heterocycles. The number of benzene rings is 2. The van der Waals surface area contributed by atoms with Gasteiger partial charge in [-0.15, -0.1) is 12.4 Å². The summed E-state index contributed by atoms with van der Waals surface area (Å²) >= 11 is 0. The number of hydrogen-bond donors (Lipinski definition) is 1. The van der Waals surface area contributed by atoms with Gasteiger partial charge in [0.1, 0.15) is 5.75 Å². The first-order chi connectivity index (χ1) is 9.33. The first kappa shape index (κ1) is 16.5. The van der Waals surface area contributed by atoms with Crippen molar-refractivity contribution in [3.05, 3.63) is 65.2 Å². The largest absolute Gasteiger partial charge is 0.496 e. The van der Waals surface area contributed by atoms with Crippen molar-refractivity contribution >= 4 is 12.4 Å². The molecule has 0 fully saturated rings. The Kier molecular flexibility index (Phi) is 7.13. The molecule has 0 saturated heterocycles. The third-order valence-electron chi connectivity index (χ3n) is 3.27. The van der Waals surface area contributed by atoms with E-state index in [4.69, 9.17) is 4.74 Å². The molecular formula is C17H22ClNO. The van der Waals surface area contributed by atoms with Crippen molar-refractivity contribution in [2.45, 2.75) is 26.4 Å². The van der Waals surface area contributed by atoms with Gasteiger partial charge in [-0.2, -0.15) is 0 Å². The Labute approximate surface area is 127 Å². The van der Waals surface area contributed by atoms with Crippen molar-refractivity contribution in [1.29, 1.82) is 0 Å². The van der Waals surface area contributed by atoms with Crippen LogP contribution in [0.1, 0.15) is 23.6 Å². The highest BCUT2D eigenvalue weighted by molar-refractivity contribution is 5.85. The molecule has 0 aliphatic rings. The second kappa shape index (κ2) is 8.62. The van der Waals surface area contributed by atoms with Crippen molar-refractivity contribution in [3.8, 4) is 5.75 Å². The Hall–Kier alpha value is -1.51. The molecule has 0 amide bonds. The molecule has 2 nitrogen and oxygen atoms in total. The quantitative estimate of drug-likeness (QED) is 0.869. The smallest absolute Gasteiger partial charge is 0.123 e. The van der Waals surface area contributed by atoms with Gasteiger partial charge in [0.05, 0.1) is 7.11 Å². The maximum Gasteiger partial charge on any atom is 0.123 e. The van der Waals surface area contributed by atoms with Crippen LogP contribution >= 0.6 is 12.4 Å². The standard InChI is InChI=1S/C17H21NO.ClH/c1-3-14-8-10-15(11-9-14)12-18-13-16-6-4-5-7-17(16)19-2;/h4-11,18H,3,12-13H2,1-2H3;1H. The van der Waals surface area contributed by atoms with E-state index in [0.29, 0.717) is 0 Å². The van der Waals surface area contributed by atoms with Crippen LogP contribution in [0.3, 0.4) is 0 Å². The van der Waals surface area contributed by atoms with E-state index < -0.39 is 0 Å². The van der Waals surface area contributed by atoms with Crippen molar-refractivity contribution in [1.82, 2.24) is 5.32 Å². The highest BCUT2D eigenvalue weighted by Gasteiger charge is 2.00. The Morgan fingerprint density at radius 2 is 1.55 bits per heavy atom. The lowest BCUT2D eigenvalue weighted by Crippen LogP contribution is -2.13. The molecule has 0 radical (unpaired) electrons. The minimum absolute atomic E-state index is 0. The zero-order valence-electron chi connectivity index (χ0n) is 12.1. The van der Waals surface area contributed by atoms with Crippen LogP contribution in [0.2, 0.25) is 0 Å². The number of halogens is 1. The molecule has 2 aromatic carbocycles. The van der Waals surface area contributed by atoms with E-state index in [1.165, 1.54) is 16.7 Å². The molecule has 0 unspecified atom stereocenters. The number of hydrogen-bond acceptors (Lipinski definition) is 2. The number of aryl methyl sites for hydroxylation is 1. The number of para-hydroxylation sites is 1. The molecule has 3 heteroatoms. The summed E-state index contributed by atoms with van der Waals surface area (Å²) in [6.45, 7) is 3.87. The van der Waals surface area contributed by atoms with Crippen molar-refractivity contribution in [2.24, 2.45) is 0 Å². The minimum Gasteiger partial charge on any atom is -0.496 e. The summed E-state index contributed by atoms with van der Waals surface area (Å²) in [5, 5.41) is 3.45. The van der Waals surface area contributed by atoms with Crippen LogP contribution in [0.25, 0.3) is 0 Å². The first-order valence-electron chi connectivity index (χ1n) is 6.74. The van der Waals surface area contributed by atoms with Gasteiger partial charge in [-0.3, -0.25) is 0 Å². The average molecular weight is 292 g/mol. The molecule has 0 aliphatic carbocycles. The van der Waals surface area contributed by atoms with Crippen LogP contribution in [-0.4, -0.2) is 7.11 Å². The van der Waals surface area contributed by atoms with Crippen molar-refractivity contribution in [3.63, 3.8) is 0 Å². The third kappa shape index (κ3) is 4.55. The van der Waals surface area contributed by atoms with E-state index in [1.807, 2.05) is 18.2 Å². The fourth-order valence-electron chi connectivity index (χ4n) is 2.08. The fraction of sp³-hybridized carbons (Fsp3) is 0.294. The number of nitrogens with one attached hydrogen (secondary N) is 1. The molecule has 0 saturated carbocycles. The summed E-state index contributed by atoms with van der Waals surface area (Å²) in [5.74, 6) is 0.941. The maximum absolute atomic E-state index is 5.34. The predicted molar refractivity (Wildman–Crippen MR) is 86.6 cm³/mol. The highest BCUT2D eigenvalue weighted by Crippen LogP contribution is 2.16. The molecule has 20 heavy (non-hydrogen) atoms. The zero-order chi connectivity index (χ0) is 13.5. The van der Waals surface area contributed by atoms with Gasteiger partial charge in [0.2, 0.25) is 0 Å². The molecule has 0 bridgehead atoms. The van der Waals surface area contributed by atoms with E-state index in [0.717, 1.165) is 25.3 Å². The normalized spacial score (nSPS) is 9.90. The van der Waals surface area contributed by atoms with Gasteiger partial charge in [0.25, 0.3) is 0 Å². The monoisotopic (exact) mass is 291 g/mol. The lowest BCUT2D eigenvalue weighted by Gasteiger charge is -2.09. The van der Waals surface area contributed by atoms with Crippen LogP contribution < -0.4 is 10.1 Å². The molecule has 1 N–H and O–H groups in total. The van der Waals surface area contributed by atoms with Crippen LogP contribution in [0.4, 0.5) is 0 Å². The van der Waals surface area contributed by atoms with Gasteiger partial charge in [-0.1, -0.05) is 49.4 Å². The highest BCUT2D eigenvalue weighted by atomic mass is 35.5. The Bertz CT molecular complexity index is 511. The summed E-state index contributed by atoms with van der Waals surface area (Å²) in [6, 6.07) is 16.9. The van der Waals surface area contributed by atoms with E-state index in [1.54, 1.807) is 7.11 Å². The Balaban J connectivity index is 0.00000200. The molecule has 0 spiro atoms. The van der Waals surface area contributed by atoms with Gasteiger partial charge < -0.3 is 10.1 Å². The lowest BCUT2D eigenvalue weighted by atomic mass is 10.1. The van der Waals surface area contributed by atoms with Crippen LogP contribution in [0.5, 0.6) is 5.75 Å². The molecular weight excluding hydrogens is 270 g/mol. The summed E-state index contributed by atoms with van der Waals surface area (Å²) in [7, 11) is 1.71.